The van der Waals surface area contributed by atoms with E-state index >= 15 is 0 Å². The predicted octanol–water partition coefficient (Wildman–Crippen LogP) is 3.79. The number of nitrogens with zero attached hydrogens (tertiary/aromatic N) is 1. The second kappa shape index (κ2) is 6.21. The molecule has 0 aliphatic carbocycles. The average Bonchev–Trinajstić information content (AvgIpc) is 2.97. The van der Waals surface area contributed by atoms with E-state index in [-0.39, 0.29) is 12.5 Å². The van der Waals surface area contributed by atoms with Gasteiger partial charge in [0.1, 0.15) is 5.75 Å². The molecule has 0 saturated heterocycles. The van der Waals surface area contributed by atoms with Crippen molar-refractivity contribution in [3.05, 3.63) is 64.8 Å². The van der Waals surface area contributed by atoms with E-state index in [4.69, 9.17) is 16.3 Å². The van der Waals surface area contributed by atoms with Gasteiger partial charge in [0.2, 0.25) is 0 Å². The number of fused-ring (bicyclic) bond motifs is 3. The zero-order valence-electron chi connectivity index (χ0n) is 13.1. The zero-order chi connectivity index (χ0) is 16.5. The van der Waals surface area contributed by atoms with Crippen molar-refractivity contribution in [2.75, 3.05) is 13.2 Å². The van der Waals surface area contributed by atoms with Crippen LogP contribution in [0.2, 0.25) is 5.02 Å². The number of nitrogens with one attached hydrogen (secondary N) is 1. The van der Waals surface area contributed by atoms with Gasteiger partial charge >= 0.3 is 0 Å². The van der Waals surface area contributed by atoms with Gasteiger partial charge in [0.25, 0.3) is 5.91 Å². The van der Waals surface area contributed by atoms with Crippen LogP contribution in [-0.4, -0.2) is 28.9 Å². The highest BCUT2D eigenvalue weighted by Crippen LogP contribution is 2.27. The normalized spacial score (nSPS) is 13.8. The Hall–Kier alpha value is -2.46. The lowest BCUT2D eigenvalue weighted by molar-refractivity contribution is -0.134. The van der Waals surface area contributed by atoms with E-state index in [1.165, 1.54) is 16.6 Å². The van der Waals surface area contributed by atoms with Gasteiger partial charge < -0.3 is 14.6 Å². The molecule has 0 spiro atoms. The lowest BCUT2D eigenvalue weighted by Gasteiger charge is -2.27. The monoisotopic (exact) mass is 340 g/mol. The number of rotatable bonds is 3. The van der Waals surface area contributed by atoms with Crippen LogP contribution >= 0.6 is 11.6 Å². The summed E-state index contributed by atoms with van der Waals surface area (Å²) in [5.41, 5.74) is 3.58. The van der Waals surface area contributed by atoms with Gasteiger partial charge in [-0.1, -0.05) is 35.9 Å². The van der Waals surface area contributed by atoms with Gasteiger partial charge in [-0.25, -0.2) is 0 Å². The van der Waals surface area contributed by atoms with E-state index in [0.717, 1.165) is 11.9 Å². The van der Waals surface area contributed by atoms with Crippen LogP contribution in [0.5, 0.6) is 5.75 Å². The predicted molar refractivity (Wildman–Crippen MR) is 94.4 cm³/mol. The molecule has 1 aliphatic rings. The highest BCUT2D eigenvalue weighted by Gasteiger charge is 2.24. The summed E-state index contributed by atoms with van der Waals surface area (Å²) in [5.74, 6) is 0.603. The summed E-state index contributed by atoms with van der Waals surface area (Å²) < 4.78 is 5.58. The molecule has 0 fully saturated rings. The first-order chi connectivity index (χ1) is 11.7. The van der Waals surface area contributed by atoms with Crippen molar-refractivity contribution in [1.29, 1.82) is 0 Å². The van der Waals surface area contributed by atoms with Crippen LogP contribution in [0.25, 0.3) is 10.9 Å². The number of aromatic amines is 1. The van der Waals surface area contributed by atoms with Crippen molar-refractivity contribution in [3.8, 4) is 5.75 Å². The first-order valence-corrected chi connectivity index (χ1v) is 8.33. The molecule has 0 bridgehead atoms. The van der Waals surface area contributed by atoms with Crippen molar-refractivity contribution in [1.82, 2.24) is 9.88 Å². The van der Waals surface area contributed by atoms with E-state index in [1.54, 1.807) is 24.3 Å². The van der Waals surface area contributed by atoms with E-state index in [1.807, 2.05) is 17.0 Å². The lowest BCUT2D eigenvalue weighted by Crippen LogP contribution is -2.38. The summed E-state index contributed by atoms with van der Waals surface area (Å²) in [6.45, 7) is 1.35. The Balaban J connectivity index is 1.47. The molecular formula is C19H17ClN2O2. The Morgan fingerprint density at radius 2 is 2.08 bits per heavy atom. The number of benzene rings is 2. The number of hydrogen-bond acceptors (Lipinski definition) is 2. The van der Waals surface area contributed by atoms with E-state index < -0.39 is 0 Å². The molecule has 2 heterocycles. The molecule has 0 saturated carbocycles. The maximum Gasteiger partial charge on any atom is 0.260 e. The van der Waals surface area contributed by atoms with E-state index in [2.05, 4.69) is 17.1 Å². The number of hydrogen-bond donors (Lipinski definition) is 1. The molecule has 4 rings (SSSR count). The van der Waals surface area contributed by atoms with Crippen LogP contribution in [0.1, 0.15) is 11.3 Å². The Morgan fingerprint density at radius 3 is 2.96 bits per heavy atom. The molecule has 0 radical (unpaired) electrons. The number of amides is 1. The van der Waals surface area contributed by atoms with Crippen LogP contribution in [0.15, 0.2) is 48.5 Å². The Labute approximate surface area is 145 Å². The smallest absolute Gasteiger partial charge is 0.260 e. The molecule has 4 nitrogen and oxygen atoms in total. The third-order valence-electron chi connectivity index (χ3n) is 4.39. The molecule has 1 aromatic heterocycles. The summed E-state index contributed by atoms with van der Waals surface area (Å²) >= 11 is 5.93. The standard InChI is InChI=1S/C19H17ClN2O2/c20-13-4-3-5-14(10-13)24-12-19(23)22-9-8-18-16(11-22)15-6-1-2-7-17(15)21-18/h1-7,10,21H,8-9,11-12H2. The summed E-state index contributed by atoms with van der Waals surface area (Å²) in [6.07, 6.45) is 0.840. The van der Waals surface area contributed by atoms with Crippen LogP contribution in [0.4, 0.5) is 0 Å². The van der Waals surface area contributed by atoms with Gasteiger partial charge in [0, 0.05) is 46.7 Å². The van der Waals surface area contributed by atoms with Crippen molar-refractivity contribution in [2.45, 2.75) is 13.0 Å². The Morgan fingerprint density at radius 1 is 1.21 bits per heavy atom. The average molecular weight is 341 g/mol. The SMILES string of the molecule is O=C(COc1cccc(Cl)c1)N1CCc2[nH]c3ccccc3c2C1. The van der Waals surface area contributed by atoms with Gasteiger partial charge in [-0.05, 0) is 24.3 Å². The maximum atomic E-state index is 12.5. The topological polar surface area (TPSA) is 45.3 Å². The minimum Gasteiger partial charge on any atom is -0.484 e. The number of carbonyl (C=O) groups is 1. The minimum absolute atomic E-state index is 0.00842. The minimum atomic E-state index is -0.00842. The highest BCUT2D eigenvalue weighted by atomic mass is 35.5. The number of carbonyl (C=O) groups excluding carboxylic acids is 1. The van der Waals surface area contributed by atoms with Crippen LogP contribution in [0.3, 0.4) is 0 Å². The molecule has 24 heavy (non-hydrogen) atoms. The molecule has 3 aromatic rings. The Kier molecular flexibility index (Phi) is 3.90. The number of halogens is 1. The first kappa shape index (κ1) is 15.1. The number of ether oxygens (including phenoxy) is 1. The summed E-state index contributed by atoms with van der Waals surface area (Å²) in [5, 5.41) is 1.79. The zero-order valence-corrected chi connectivity index (χ0v) is 13.8. The second-order valence-electron chi connectivity index (χ2n) is 5.94. The maximum absolute atomic E-state index is 12.5. The van der Waals surface area contributed by atoms with E-state index in [0.29, 0.717) is 23.9 Å². The van der Waals surface area contributed by atoms with Crippen LogP contribution < -0.4 is 4.74 Å². The summed E-state index contributed by atoms with van der Waals surface area (Å²) in [4.78, 5) is 17.8. The van der Waals surface area contributed by atoms with Gasteiger partial charge in [-0.15, -0.1) is 0 Å². The summed E-state index contributed by atoms with van der Waals surface area (Å²) in [7, 11) is 0. The van der Waals surface area contributed by atoms with Crippen molar-refractivity contribution >= 4 is 28.4 Å². The first-order valence-electron chi connectivity index (χ1n) is 7.95. The third kappa shape index (κ3) is 2.85. The quantitative estimate of drug-likeness (QED) is 0.788. The molecule has 1 amide bonds. The van der Waals surface area contributed by atoms with Gasteiger partial charge in [-0.2, -0.15) is 0 Å². The molecule has 0 unspecified atom stereocenters. The largest absolute Gasteiger partial charge is 0.484 e. The van der Waals surface area contributed by atoms with Gasteiger partial charge in [0.05, 0.1) is 0 Å². The van der Waals surface area contributed by atoms with Gasteiger partial charge in [-0.3, -0.25) is 4.79 Å². The van der Waals surface area contributed by atoms with Crippen LogP contribution in [0, 0.1) is 0 Å². The molecule has 2 aromatic carbocycles. The fraction of sp³-hybridized carbons (Fsp3) is 0.211. The molecule has 5 heteroatoms. The number of para-hydroxylation sites is 1. The number of aromatic nitrogens is 1. The third-order valence-corrected chi connectivity index (χ3v) is 4.63. The highest BCUT2D eigenvalue weighted by molar-refractivity contribution is 6.30. The fourth-order valence-corrected chi connectivity index (χ4v) is 3.35. The molecule has 1 aliphatic heterocycles. The summed E-state index contributed by atoms with van der Waals surface area (Å²) in [6, 6.07) is 15.3. The molecular weight excluding hydrogens is 324 g/mol. The van der Waals surface area contributed by atoms with Crippen LogP contribution in [-0.2, 0) is 17.8 Å². The molecule has 1 N–H and O–H groups in total. The van der Waals surface area contributed by atoms with Crippen molar-refractivity contribution in [2.24, 2.45) is 0 Å². The van der Waals surface area contributed by atoms with Crippen molar-refractivity contribution < 1.29 is 9.53 Å². The fourth-order valence-electron chi connectivity index (χ4n) is 3.17. The van der Waals surface area contributed by atoms with Crippen molar-refractivity contribution in [3.63, 3.8) is 0 Å². The lowest BCUT2D eigenvalue weighted by atomic mass is 10.0. The Bertz CT molecular complexity index is 903. The molecule has 0 atom stereocenters. The number of H-pyrrole nitrogens is 1. The second-order valence-corrected chi connectivity index (χ2v) is 6.38. The molecule has 122 valence electrons. The van der Waals surface area contributed by atoms with Gasteiger partial charge in [0.15, 0.2) is 6.61 Å². The van der Waals surface area contributed by atoms with E-state index in [9.17, 15) is 4.79 Å².